The maximum atomic E-state index is 12.0. The molecular weight excluding hydrogens is 400 g/mol. The smallest absolute Gasteiger partial charge is 0.230 e. The summed E-state index contributed by atoms with van der Waals surface area (Å²) >= 11 is 8.68. The van der Waals surface area contributed by atoms with Crippen LogP contribution >= 0.6 is 34.7 Å². The van der Waals surface area contributed by atoms with Gasteiger partial charge < -0.3 is 10.6 Å². The lowest BCUT2D eigenvalue weighted by Crippen LogP contribution is -2.27. The Balaban J connectivity index is 1.40. The Labute approximate surface area is 171 Å². The summed E-state index contributed by atoms with van der Waals surface area (Å²) < 4.78 is 0.762. The molecule has 3 aromatic rings. The Kier molecular flexibility index (Phi) is 7.09. The van der Waals surface area contributed by atoms with Crippen molar-refractivity contribution in [2.24, 2.45) is 0 Å². The van der Waals surface area contributed by atoms with Gasteiger partial charge in [0.25, 0.3) is 0 Å². The predicted molar refractivity (Wildman–Crippen MR) is 113 cm³/mol. The van der Waals surface area contributed by atoms with Crippen molar-refractivity contribution in [2.75, 3.05) is 17.6 Å². The van der Waals surface area contributed by atoms with Crippen molar-refractivity contribution in [3.8, 4) is 0 Å². The topological polar surface area (TPSA) is 66.9 Å². The molecule has 0 radical (unpaired) electrons. The monoisotopic (exact) mass is 418 g/mol. The number of aryl methyl sites for hydroxylation is 1. The normalized spacial score (nSPS) is 10.6. The molecule has 5 nitrogen and oxygen atoms in total. The average molecular weight is 419 g/mol. The van der Waals surface area contributed by atoms with Crippen LogP contribution in [0.15, 0.2) is 52.9 Å². The average Bonchev–Trinajstić information content (AvgIpc) is 3.09. The number of carbonyl (C=O) groups excluding carboxylic acids is 1. The number of anilines is 2. The molecule has 0 aliphatic carbocycles. The maximum absolute atomic E-state index is 12.0. The summed E-state index contributed by atoms with van der Waals surface area (Å²) in [6.45, 7) is 2.63. The molecule has 140 valence electrons. The fraction of sp³-hybridized carbons (Fsp3) is 0.211. The molecule has 2 N–H and O–H groups in total. The van der Waals surface area contributed by atoms with Gasteiger partial charge in [-0.3, -0.25) is 4.79 Å². The zero-order valence-electron chi connectivity index (χ0n) is 14.7. The number of carbonyl (C=O) groups is 1. The molecule has 0 atom stereocenters. The van der Waals surface area contributed by atoms with Crippen LogP contribution in [0.5, 0.6) is 0 Å². The van der Waals surface area contributed by atoms with E-state index in [4.69, 9.17) is 11.6 Å². The van der Waals surface area contributed by atoms with Crippen molar-refractivity contribution < 1.29 is 4.79 Å². The third-order valence-corrected chi connectivity index (χ3v) is 5.88. The molecule has 0 unspecified atom stereocenters. The van der Waals surface area contributed by atoms with E-state index in [1.807, 2.05) is 55.5 Å². The van der Waals surface area contributed by atoms with Crippen molar-refractivity contribution in [1.29, 1.82) is 0 Å². The van der Waals surface area contributed by atoms with Gasteiger partial charge in [0, 0.05) is 17.3 Å². The van der Waals surface area contributed by atoms with Crippen LogP contribution in [-0.2, 0) is 11.2 Å². The summed E-state index contributed by atoms with van der Waals surface area (Å²) in [5, 5.41) is 15.8. The zero-order valence-corrected chi connectivity index (χ0v) is 17.1. The van der Waals surface area contributed by atoms with E-state index in [1.165, 1.54) is 28.7 Å². The van der Waals surface area contributed by atoms with Gasteiger partial charge in [-0.05, 0) is 48.7 Å². The van der Waals surface area contributed by atoms with Gasteiger partial charge in [-0.2, -0.15) is 0 Å². The highest BCUT2D eigenvalue weighted by atomic mass is 35.5. The number of aromatic nitrogens is 2. The van der Waals surface area contributed by atoms with Crippen LogP contribution in [-0.4, -0.2) is 28.4 Å². The lowest BCUT2D eigenvalue weighted by atomic mass is 10.1. The minimum absolute atomic E-state index is 0.0163. The molecular formula is C19H19ClN4OS2. The van der Waals surface area contributed by atoms with E-state index in [-0.39, 0.29) is 5.91 Å². The molecule has 0 aliphatic rings. The van der Waals surface area contributed by atoms with Gasteiger partial charge >= 0.3 is 0 Å². The number of thioether (sulfide) groups is 1. The van der Waals surface area contributed by atoms with Gasteiger partial charge in [-0.25, -0.2) is 0 Å². The number of rotatable bonds is 8. The van der Waals surface area contributed by atoms with Crippen LogP contribution in [0.2, 0.25) is 5.02 Å². The van der Waals surface area contributed by atoms with Gasteiger partial charge in [0.2, 0.25) is 11.0 Å². The van der Waals surface area contributed by atoms with Crippen molar-refractivity contribution in [1.82, 2.24) is 15.5 Å². The van der Waals surface area contributed by atoms with E-state index < -0.39 is 0 Å². The summed E-state index contributed by atoms with van der Waals surface area (Å²) in [6.07, 6.45) is 0.775. The lowest BCUT2D eigenvalue weighted by Gasteiger charge is -2.04. The van der Waals surface area contributed by atoms with Crippen LogP contribution in [0.25, 0.3) is 0 Å². The SMILES string of the molecule is Cc1cccc(Nc2nnc(SCC(=O)NCCc3ccc(Cl)cc3)s2)c1. The quantitative estimate of drug-likeness (QED) is 0.519. The predicted octanol–water partition coefficient (Wildman–Crippen LogP) is 4.69. The van der Waals surface area contributed by atoms with Crippen molar-refractivity contribution in [3.63, 3.8) is 0 Å². The Hall–Kier alpha value is -2.09. The van der Waals surface area contributed by atoms with Gasteiger partial charge in [-0.1, -0.05) is 59.0 Å². The third-order valence-electron chi connectivity index (χ3n) is 3.65. The molecule has 27 heavy (non-hydrogen) atoms. The first kappa shape index (κ1) is 19.7. The fourth-order valence-electron chi connectivity index (χ4n) is 2.34. The van der Waals surface area contributed by atoms with Gasteiger partial charge in [-0.15, -0.1) is 10.2 Å². The molecule has 0 fully saturated rings. The first-order valence-corrected chi connectivity index (χ1v) is 10.6. The summed E-state index contributed by atoms with van der Waals surface area (Å²) in [7, 11) is 0. The standard InChI is InChI=1S/C19H19ClN4OS2/c1-13-3-2-4-16(11-13)22-18-23-24-19(27-18)26-12-17(25)21-10-9-14-5-7-15(20)8-6-14/h2-8,11H,9-10,12H2,1H3,(H,21,25)(H,22,23). The third kappa shape index (κ3) is 6.53. The largest absolute Gasteiger partial charge is 0.355 e. The molecule has 2 aromatic carbocycles. The van der Waals surface area contributed by atoms with E-state index in [0.717, 1.165) is 22.0 Å². The van der Waals surface area contributed by atoms with Crippen molar-refractivity contribution in [2.45, 2.75) is 17.7 Å². The second-order valence-electron chi connectivity index (χ2n) is 5.88. The van der Waals surface area contributed by atoms with E-state index in [9.17, 15) is 4.79 Å². The van der Waals surface area contributed by atoms with Gasteiger partial charge in [0.1, 0.15) is 0 Å². The van der Waals surface area contributed by atoms with E-state index in [1.54, 1.807) is 0 Å². The van der Waals surface area contributed by atoms with Gasteiger partial charge in [0.15, 0.2) is 4.34 Å². The second-order valence-corrected chi connectivity index (χ2v) is 8.52. The fourth-order valence-corrected chi connectivity index (χ4v) is 4.07. The molecule has 1 aromatic heterocycles. The molecule has 3 rings (SSSR count). The highest BCUT2D eigenvalue weighted by molar-refractivity contribution is 8.01. The highest BCUT2D eigenvalue weighted by Gasteiger charge is 2.08. The van der Waals surface area contributed by atoms with E-state index >= 15 is 0 Å². The highest BCUT2D eigenvalue weighted by Crippen LogP contribution is 2.27. The number of nitrogens with zero attached hydrogens (tertiary/aromatic N) is 2. The Morgan fingerprint density at radius 3 is 2.78 bits per heavy atom. The number of amides is 1. The zero-order chi connectivity index (χ0) is 19.1. The number of halogens is 1. The first-order chi connectivity index (χ1) is 13.1. The number of nitrogens with one attached hydrogen (secondary N) is 2. The van der Waals surface area contributed by atoms with E-state index in [0.29, 0.717) is 22.5 Å². The summed E-state index contributed by atoms with van der Waals surface area (Å²) in [5.74, 6) is 0.303. The van der Waals surface area contributed by atoms with Crippen molar-refractivity contribution in [3.05, 3.63) is 64.7 Å². The van der Waals surface area contributed by atoms with E-state index in [2.05, 4.69) is 20.8 Å². The number of hydrogen-bond donors (Lipinski definition) is 2. The van der Waals surface area contributed by atoms with Crippen LogP contribution in [0, 0.1) is 6.92 Å². The molecule has 1 amide bonds. The number of hydrogen-bond acceptors (Lipinski definition) is 6. The molecule has 8 heteroatoms. The minimum atomic E-state index is -0.0163. The molecule has 0 spiro atoms. The Bertz CT molecular complexity index is 899. The second kappa shape index (κ2) is 9.73. The van der Waals surface area contributed by atoms with Crippen LogP contribution in [0.3, 0.4) is 0 Å². The molecule has 0 saturated carbocycles. The molecule has 1 heterocycles. The summed E-state index contributed by atoms with van der Waals surface area (Å²) in [5.41, 5.74) is 3.29. The van der Waals surface area contributed by atoms with Crippen LogP contribution in [0.1, 0.15) is 11.1 Å². The van der Waals surface area contributed by atoms with Crippen molar-refractivity contribution >= 4 is 51.4 Å². The number of benzene rings is 2. The molecule has 0 aliphatic heterocycles. The lowest BCUT2D eigenvalue weighted by molar-refractivity contribution is -0.118. The summed E-state index contributed by atoms with van der Waals surface area (Å²) in [4.78, 5) is 12.0. The van der Waals surface area contributed by atoms with Gasteiger partial charge in [0.05, 0.1) is 5.75 Å². The first-order valence-electron chi connectivity index (χ1n) is 8.39. The molecule has 0 bridgehead atoms. The summed E-state index contributed by atoms with van der Waals surface area (Å²) in [6, 6.07) is 15.7. The maximum Gasteiger partial charge on any atom is 0.230 e. The molecule has 0 saturated heterocycles. The Morgan fingerprint density at radius 1 is 1.19 bits per heavy atom. The minimum Gasteiger partial charge on any atom is -0.355 e. The van der Waals surface area contributed by atoms with Crippen LogP contribution < -0.4 is 10.6 Å². The van der Waals surface area contributed by atoms with Crippen LogP contribution in [0.4, 0.5) is 10.8 Å². The Morgan fingerprint density at radius 2 is 2.00 bits per heavy atom.